The Morgan fingerprint density at radius 1 is 1.10 bits per heavy atom. The smallest absolute Gasteiger partial charge is 0.330 e. The van der Waals surface area contributed by atoms with Crippen LogP contribution in [0.15, 0.2) is 83.7 Å². The number of cyclic esters (lactones) is 1. The van der Waals surface area contributed by atoms with Gasteiger partial charge < -0.3 is 25.4 Å². The van der Waals surface area contributed by atoms with E-state index in [0.29, 0.717) is 38.5 Å². The largest absolute Gasteiger partial charge is 0.458 e. The van der Waals surface area contributed by atoms with Gasteiger partial charge in [0.2, 0.25) is 5.91 Å². The number of allylic oxidation sites excluding steroid dienone is 7. The molecule has 0 spiro atoms. The van der Waals surface area contributed by atoms with Gasteiger partial charge in [0.15, 0.2) is 0 Å². The highest BCUT2D eigenvalue weighted by molar-refractivity contribution is 5.88. The van der Waals surface area contributed by atoms with Gasteiger partial charge in [-0.3, -0.25) is 4.79 Å². The molecule has 1 heterocycles. The van der Waals surface area contributed by atoms with E-state index in [9.17, 15) is 24.9 Å². The third-order valence-electron chi connectivity index (χ3n) is 6.09. The van der Waals surface area contributed by atoms with Crippen LogP contribution in [-0.4, -0.2) is 51.6 Å². The molecule has 0 saturated heterocycles. The van der Waals surface area contributed by atoms with Gasteiger partial charge in [0.25, 0.3) is 0 Å². The Labute approximate surface area is 234 Å². The Morgan fingerprint density at radius 2 is 1.85 bits per heavy atom. The van der Waals surface area contributed by atoms with Crippen LogP contribution >= 0.6 is 0 Å². The quantitative estimate of drug-likeness (QED) is 0.166. The molecule has 216 valence electrons. The third-order valence-corrected chi connectivity index (χ3v) is 6.09. The molecule has 0 bridgehead atoms. The third kappa shape index (κ3) is 16.5. The van der Waals surface area contributed by atoms with E-state index in [1.54, 1.807) is 18.4 Å². The lowest BCUT2D eigenvalue weighted by Gasteiger charge is -2.22. The molecule has 39 heavy (non-hydrogen) atoms. The van der Waals surface area contributed by atoms with Gasteiger partial charge in [0.05, 0.1) is 18.3 Å². The fourth-order valence-electron chi connectivity index (χ4n) is 3.90. The summed E-state index contributed by atoms with van der Waals surface area (Å²) >= 11 is 0. The number of carbonyl (C=O) groups is 2. The first-order chi connectivity index (χ1) is 18.5. The number of aliphatic hydroxyl groups excluding tert-OH is 3. The van der Waals surface area contributed by atoms with Crippen LogP contribution in [0, 0.1) is 5.92 Å². The first-order valence-electron chi connectivity index (χ1n) is 13.7. The van der Waals surface area contributed by atoms with Crippen molar-refractivity contribution < 1.29 is 29.6 Å². The molecule has 7 heteroatoms. The van der Waals surface area contributed by atoms with Crippen LogP contribution in [0.5, 0.6) is 0 Å². The molecule has 7 nitrogen and oxygen atoms in total. The zero-order valence-electron chi connectivity index (χ0n) is 24.0. The van der Waals surface area contributed by atoms with E-state index in [1.807, 2.05) is 58.9 Å². The number of amides is 1. The molecule has 0 saturated carbocycles. The second kappa shape index (κ2) is 19.1. The van der Waals surface area contributed by atoms with Crippen molar-refractivity contribution in [1.29, 1.82) is 0 Å². The average molecular weight is 542 g/mol. The molecule has 0 aliphatic carbocycles. The van der Waals surface area contributed by atoms with Crippen molar-refractivity contribution in [3.63, 3.8) is 0 Å². The number of nitrogens with one attached hydrogen (secondary N) is 1. The van der Waals surface area contributed by atoms with Gasteiger partial charge in [-0.05, 0) is 65.9 Å². The van der Waals surface area contributed by atoms with Gasteiger partial charge in [-0.2, -0.15) is 0 Å². The predicted molar refractivity (Wildman–Crippen MR) is 156 cm³/mol. The maximum absolute atomic E-state index is 12.6. The van der Waals surface area contributed by atoms with Crippen LogP contribution in [0.2, 0.25) is 0 Å². The summed E-state index contributed by atoms with van der Waals surface area (Å²) in [6, 6.07) is 0. The lowest BCUT2D eigenvalue weighted by atomic mass is 9.95. The second-order valence-electron chi connectivity index (χ2n) is 10.4. The van der Waals surface area contributed by atoms with Crippen LogP contribution in [0.25, 0.3) is 0 Å². The molecule has 1 aliphatic heterocycles. The van der Waals surface area contributed by atoms with E-state index in [1.165, 1.54) is 24.3 Å². The van der Waals surface area contributed by atoms with Crippen molar-refractivity contribution in [2.45, 2.75) is 97.6 Å². The minimum Gasteiger partial charge on any atom is -0.458 e. The molecule has 4 N–H and O–H groups in total. The Morgan fingerprint density at radius 3 is 2.56 bits per heavy atom. The van der Waals surface area contributed by atoms with Gasteiger partial charge in [-0.15, -0.1) is 0 Å². The van der Waals surface area contributed by atoms with Crippen molar-refractivity contribution in [3.8, 4) is 0 Å². The zero-order valence-corrected chi connectivity index (χ0v) is 24.0. The summed E-state index contributed by atoms with van der Waals surface area (Å²) in [5.41, 5.74) is 2.87. The summed E-state index contributed by atoms with van der Waals surface area (Å²) in [5, 5.41) is 33.1. The van der Waals surface area contributed by atoms with Crippen LogP contribution in [0.3, 0.4) is 0 Å². The molecule has 0 aromatic carbocycles. The molecule has 5 atom stereocenters. The molecule has 1 aliphatic rings. The number of rotatable bonds is 5. The number of hydrogen-bond donors (Lipinski definition) is 4. The number of ether oxygens (including phenoxy) is 1. The molecular formula is C32H47NO6. The molecule has 0 aromatic heterocycles. The van der Waals surface area contributed by atoms with Gasteiger partial charge >= 0.3 is 5.97 Å². The average Bonchev–Trinajstić information content (AvgIpc) is 2.85. The fourth-order valence-corrected chi connectivity index (χ4v) is 3.90. The lowest BCUT2D eigenvalue weighted by molar-refractivity contribution is -0.144. The normalized spacial score (nSPS) is 29.3. The van der Waals surface area contributed by atoms with Crippen molar-refractivity contribution in [3.05, 3.63) is 83.7 Å². The van der Waals surface area contributed by atoms with Gasteiger partial charge in [0, 0.05) is 30.7 Å². The fraction of sp³-hybridized carbons (Fsp3) is 0.500. The number of aliphatic hydroxyl groups is 3. The van der Waals surface area contributed by atoms with Crippen LogP contribution in [0.1, 0.15) is 73.1 Å². The standard InChI is InChI=1S/C32H47NO6/c1-23(2)20-31(37)33-19-18-25(4)21-26(5)30-22-24(3)12-8-6-10-14-28(35)29(36)17-16-27(34)13-9-7-11-15-32(38)39-30/h6,8,11-12,15-21,26-30,34-36H,7,9-10,13-14,22H2,1-5H3,(H,33,37)/b8-6+,15-11+,17-16+,19-18+,24-12+,25-21+/t26-,27+,28+,29+,30-/m0/s1. The summed E-state index contributed by atoms with van der Waals surface area (Å²) in [5.74, 6) is -0.699. The Kier molecular flexibility index (Phi) is 16.7. The lowest BCUT2D eigenvalue weighted by Crippen LogP contribution is -2.24. The van der Waals surface area contributed by atoms with Crippen LogP contribution in [-0.2, 0) is 14.3 Å². The molecule has 0 fully saturated rings. The number of hydrogen-bond acceptors (Lipinski definition) is 6. The van der Waals surface area contributed by atoms with Crippen molar-refractivity contribution in [2.24, 2.45) is 5.92 Å². The molecule has 1 rings (SSSR count). The molecule has 0 aromatic rings. The van der Waals surface area contributed by atoms with Crippen LogP contribution in [0.4, 0.5) is 0 Å². The predicted octanol–water partition coefficient (Wildman–Crippen LogP) is 5.13. The number of esters is 1. The maximum atomic E-state index is 12.6. The molecule has 0 radical (unpaired) electrons. The minimum atomic E-state index is -1.03. The van der Waals surface area contributed by atoms with E-state index in [0.717, 1.165) is 16.7 Å². The summed E-state index contributed by atoms with van der Waals surface area (Å²) < 4.78 is 5.84. The summed E-state index contributed by atoms with van der Waals surface area (Å²) in [6.45, 7) is 9.61. The summed E-state index contributed by atoms with van der Waals surface area (Å²) in [6.07, 6.45) is 18.9. The van der Waals surface area contributed by atoms with Gasteiger partial charge in [-0.1, -0.05) is 66.2 Å². The highest BCUT2D eigenvalue weighted by Gasteiger charge is 2.20. The Balaban J connectivity index is 3.01. The first-order valence-corrected chi connectivity index (χ1v) is 13.7. The van der Waals surface area contributed by atoms with E-state index in [-0.39, 0.29) is 11.8 Å². The van der Waals surface area contributed by atoms with E-state index >= 15 is 0 Å². The first kappa shape index (κ1) is 34.0. The molecular weight excluding hydrogens is 494 g/mol. The number of carbonyl (C=O) groups excluding carboxylic acids is 2. The highest BCUT2D eigenvalue weighted by atomic mass is 16.5. The topological polar surface area (TPSA) is 116 Å². The second-order valence-corrected chi connectivity index (χ2v) is 10.4. The van der Waals surface area contributed by atoms with Crippen molar-refractivity contribution in [1.82, 2.24) is 5.32 Å². The van der Waals surface area contributed by atoms with Crippen molar-refractivity contribution >= 4 is 11.9 Å². The Hall–Kier alpha value is -3.00. The van der Waals surface area contributed by atoms with Crippen molar-refractivity contribution in [2.75, 3.05) is 0 Å². The Bertz CT molecular complexity index is 981. The maximum Gasteiger partial charge on any atom is 0.330 e. The highest BCUT2D eigenvalue weighted by Crippen LogP contribution is 2.20. The summed E-state index contributed by atoms with van der Waals surface area (Å²) in [4.78, 5) is 24.4. The van der Waals surface area contributed by atoms with E-state index < -0.39 is 30.4 Å². The SMILES string of the molecule is CC(C)=CC(=O)N/C=C/C(C)=C/[C@H](C)[C@@H]1C/C(C)=C/C=C/CC[C@@H](O)[C@H](O)/C=C/[C@H](O)CCC/C=C/C(=O)O1. The van der Waals surface area contributed by atoms with E-state index in [2.05, 4.69) is 5.32 Å². The minimum absolute atomic E-state index is 0.0933. The van der Waals surface area contributed by atoms with Gasteiger partial charge in [-0.25, -0.2) is 4.79 Å². The van der Waals surface area contributed by atoms with E-state index in [4.69, 9.17) is 4.74 Å². The monoisotopic (exact) mass is 541 g/mol. The zero-order chi connectivity index (χ0) is 29.2. The van der Waals surface area contributed by atoms with Gasteiger partial charge in [0.1, 0.15) is 6.10 Å². The van der Waals surface area contributed by atoms with Crippen LogP contribution < -0.4 is 5.32 Å². The molecule has 0 unspecified atom stereocenters. The molecule has 1 amide bonds. The summed E-state index contributed by atoms with van der Waals surface area (Å²) in [7, 11) is 0.